The maximum Gasteiger partial charge on any atom is 0.266 e. The van der Waals surface area contributed by atoms with Crippen molar-refractivity contribution in [2.75, 3.05) is 46.3 Å². The van der Waals surface area contributed by atoms with Gasteiger partial charge in [0.15, 0.2) is 0 Å². The van der Waals surface area contributed by atoms with Crippen LogP contribution in [-0.2, 0) is 9.59 Å². The molecule has 0 aromatic heterocycles. The van der Waals surface area contributed by atoms with Crippen LogP contribution < -0.4 is 10.6 Å². The number of amides is 2. The van der Waals surface area contributed by atoms with Gasteiger partial charge in [0, 0.05) is 52.4 Å². The van der Waals surface area contributed by atoms with Crippen LogP contribution in [0.25, 0.3) is 0 Å². The predicted octanol–water partition coefficient (Wildman–Crippen LogP) is -1.11. The number of nitrogens with zero attached hydrogens (tertiary/aromatic N) is 3. The van der Waals surface area contributed by atoms with Gasteiger partial charge in [-0.1, -0.05) is 0 Å². The molecule has 0 aromatic rings. The molecule has 1 rings (SSSR count). The van der Waals surface area contributed by atoms with E-state index in [0.717, 1.165) is 13.1 Å². The van der Waals surface area contributed by atoms with Crippen molar-refractivity contribution < 1.29 is 9.59 Å². The molecule has 110 valence electrons. The van der Waals surface area contributed by atoms with Crippen LogP contribution in [0.5, 0.6) is 0 Å². The van der Waals surface area contributed by atoms with Crippen LogP contribution in [0.15, 0.2) is 11.8 Å². The second kappa shape index (κ2) is 8.17. The second-order valence-corrected chi connectivity index (χ2v) is 4.70. The van der Waals surface area contributed by atoms with Gasteiger partial charge in [-0.3, -0.25) is 9.59 Å². The first-order valence-electron chi connectivity index (χ1n) is 6.60. The highest BCUT2D eigenvalue weighted by molar-refractivity contribution is 5.97. The van der Waals surface area contributed by atoms with E-state index in [0.29, 0.717) is 26.2 Å². The van der Waals surface area contributed by atoms with E-state index in [4.69, 9.17) is 5.26 Å². The van der Waals surface area contributed by atoms with Gasteiger partial charge in [-0.05, 0) is 7.05 Å². The van der Waals surface area contributed by atoms with Gasteiger partial charge >= 0.3 is 0 Å². The molecule has 1 saturated heterocycles. The molecule has 0 unspecified atom stereocenters. The van der Waals surface area contributed by atoms with E-state index in [1.165, 1.54) is 13.1 Å². The highest BCUT2D eigenvalue weighted by atomic mass is 16.2. The zero-order valence-corrected chi connectivity index (χ0v) is 12.0. The number of hydrogen-bond donors (Lipinski definition) is 2. The quantitative estimate of drug-likeness (QED) is 0.379. The van der Waals surface area contributed by atoms with E-state index in [1.807, 2.05) is 13.1 Å². The lowest BCUT2D eigenvalue weighted by atomic mass is 10.2. The number of rotatable bonds is 5. The molecule has 7 heteroatoms. The van der Waals surface area contributed by atoms with Crippen molar-refractivity contribution in [2.24, 2.45) is 0 Å². The number of hydrogen-bond acceptors (Lipinski definition) is 5. The molecule has 1 aliphatic heterocycles. The SMILES string of the molecule is CC(=O)NCCN/C=C(/C#N)C(=O)N1CCN(C)CC1. The molecular formula is C13H21N5O2. The zero-order chi connectivity index (χ0) is 15.0. The number of nitriles is 1. The Hall–Kier alpha value is -2.07. The molecule has 0 bridgehead atoms. The third-order valence-corrected chi connectivity index (χ3v) is 3.03. The molecule has 7 nitrogen and oxygen atoms in total. The van der Waals surface area contributed by atoms with Gasteiger partial charge < -0.3 is 20.4 Å². The van der Waals surface area contributed by atoms with Crippen LogP contribution in [0.1, 0.15) is 6.92 Å². The van der Waals surface area contributed by atoms with Gasteiger partial charge in [0.05, 0.1) is 0 Å². The average molecular weight is 279 g/mol. The van der Waals surface area contributed by atoms with Crippen LogP contribution >= 0.6 is 0 Å². The molecule has 20 heavy (non-hydrogen) atoms. The number of carbonyl (C=O) groups excluding carboxylic acids is 2. The molecule has 0 aliphatic carbocycles. The molecule has 2 N–H and O–H groups in total. The highest BCUT2D eigenvalue weighted by Gasteiger charge is 2.21. The molecule has 0 aromatic carbocycles. The topological polar surface area (TPSA) is 88.5 Å². The Bertz CT molecular complexity index is 419. The number of piperazine rings is 1. The fraction of sp³-hybridized carbons (Fsp3) is 0.615. The lowest BCUT2D eigenvalue weighted by molar-refractivity contribution is -0.128. The minimum absolute atomic E-state index is 0.0948. The minimum atomic E-state index is -0.243. The third-order valence-electron chi connectivity index (χ3n) is 3.03. The Morgan fingerprint density at radius 2 is 1.90 bits per heavy atom. The molecule has 0 atom stereocenters. The summed E-state index contributed by atoms with van der Waals surface area (Å²) in [7, 11) is 2.01. The summed E-state index contributed by atoms with van der Waals surface area (Å²) in [4.78, 5) is 26.6. The standard InChI is InChI=1S/C13H21N5O2/c1-11(19)16-4-3-15-10-12(9-14)13(20)18-7-5-17(2)6-8-18/h10,15H,3-8H2,1-2H3,(H,16,19)/b12-10-. The summed E-state index contributed by atoms with van der Waals surface area (Å²) < 4.78 is 0. The summed E-state index contributed by atoms with van der Waals surface area (Å²) >= 11 is 0. The molecule has 1 heterocycles. The molecule has 0 saturated carbocycles. The van der Waals surface area contributed by atoms with Gasteiger partial charge in [0.2, 0.25) is 5.91 Å². The van der Waals surface area contributed by atoms with E-state index in [9.17, 15) is 9.59 Å². The molecule has 1 aliphatic rings. The van der Waals surface area contributed by atoms with Crippen LogP contribution in [0.3, 0.4) is 0 Å². The van der Waals surface area contributed by atoms with Crippen LogP contribution in [-0.4, -0.2) is 67.9 Å². The van der Waals surface area contributed by atoms with Gasteiger partial charge in [-0.2, -0.15) is 5.26 Å². The summed E-state index contributed by atoms with van der Waals surface area (Å²) in [5, 5.41) is 14.5. The normalized spacial score (nSPS) is 16.4. The highest BCUT2D eigenvalue weighted by Crippen LogP contribution is 2.05. The fourth-order valence-electron chi connectivity index (χ4n) is 1.81. The van der Waals surface area contributed by atoms with Gasteiger partial charge in [-0.15, -0.1) is 0 Å². The predicted molar refractivity (Wildman–Crippen MR) is 74.5 cm³/mol. The van der Waals surface area contributed by atoms with Crippen LogP contribution in [0, 0.1) is 11.3 Å². The van der Waals surface area contributed by atoms with Crippen molar-refractivity contribution in [1.82, 2.24) is 20.4 Å². The number of carbonyl (C=O) groups is 2. The Balaban J connectivity index is 2.42. The maximum absolute atomic E-state index is 12.1. The van der Waals surface area contributed by atoms with Crippen molar-refractivity contribution in [3.63, 3.8) is 0 Å². The zero-order valence-electron chi connectivity index (χ0n) is 12.0. The molecular weight excluding hydrogens is 258 g/mol. The first-order chi connectivity index (χ1) is 9.54. The van der Waals surface area contributed by atoms with Crippen molar-refractivity contribution >= 4 is 11.8 Å². The molecule has 0 spiro atoms. The van der Waals surface area contributed by atoms with Crippen molar-refractivity contribution in [1.29, 1.82) is 5.26 Å². The Morgan fingerprint density at radius 1 is 1.25 bits per heavy atom. The largest absolute Gasteiger partial charge is 0.388 e. The molecule has 1 fully saturated rings. The lowest BCUT2D eigenvalue weighted by Crippen LogP contribution is -2.47. The van der Waals surface area contributed by atoms with Crippen molar-refractivity contribution in [3.8, 4) is 6.07 Å². The van der Waals surface area contributed by atoms with E-state index >= 15 is 0 Å². The summed E-state index contributed by atoms with van der Waals surface area (Å²) in [6.07, 6.45) is 1.42. The lowest BCUT2D eigenvalue weighted by Gasteiger charge is -2.32. The summed E-state index contributed by atoms with van der Waals surface area (Å²) in [6.45, 7) is 5.28. The van der Waals surface area contributed by atoms with Crippen molar-refractivity contribution in [2.45, 2.75) is 6.92 Å². The van der Waals surface area contributed by atoms with Crippen LogP contribution in [0.4, 0.5) is 0 Å². The second-order valence-electron chi connectivity index (χ2n) is 4.70. The Labute approximate surface area is 119 Å². The van der Waals surface area contributed by atoms with Gasteiger partial charge in [0.1, 0.15) is 11.6 Å². The Kier molecular flexibility index (Phi) is 6.53. The number of nitrogens with one attached hydrogen (secondary N) is 2. The van der Waals surface area contributed by atoms with Gasteiger partial charge in [0.25, 0.3) is 5.91 Å². The van der Waals surface area contributed by atoms with Gasteiger partial charge in [-0.25, -0.2) is 0 Å². The average Bonchev–Trinajstić information content (AvgIpc) is 2.42. The fourth-order valence-corrected chi connectivity index (χ4v) is 1.81. The third kappa shape index (κ3) is 5.28. The van der Waals surface area contributed by atoms with E-state index in [-0.39, 0.29) is 17.4 Å². The summed E-state index contributed by atoms with van der Waals surface area (Å²) in [5.74, 6) is -0.350. The molecule has 2 amide bonds. The van der Waals surface area contributed by atoms with Crippen molar-refractivity contribution in [3.05, 3.63) is 11.8 Å². The van der Waals surface area contributed by atoms with E-state index in [1.54, 1.807) is 4.90 Å². The smallest absolute Gasteiger partial charge is 0.266 e. The van der Waals surface area contributed by atoms with E-state index < -0.39 is 0 Å². The Morgan fingerprint density at radius 3 is 2.45 bits per heavy atom. The van der Waals surface area contributed by atoms with E-state index in [2.05, 4.69) is 15.5 Å². The number of likely N-dealkylation sites (N-methyl/N-ethyl adjacent to an activating group) is 1. The maximum atomic E-state index is 12.1. The van der Waals surface area contributed by atoms with Crippen LogP contribution in [0.2, 0.25) is 0 Å². The summed E-state index contributed by atoms with van der Waals surface area (Å²) in [5.41, 5.74) is 0.0948. The minimum Gasteiger partial charge on any atom is -0.388 e. The molecule has 0 radical (unpaired) electrons. The first-order valence-corrected chi connectivity index (χ1v) is 6.60. The summed E-state index contributed by atoms with van der Waals surface area (Å²) in [6, 6.07) is 1.92. The monoisotopic (exact) mass is 279 g/mol. The first kappa shape index (κ1) is 16.0.